The Labute approximate surface area is 113 Å². The highest BCUT2D eigenvalue weighted by atomic mass is 16.4. The lowest BCUT2D eigenvalue weighted by molar-refractivity contribution is -0.00787. The van der Waals surface area contributed by atoms with Crippen molar-refractivity contribution in [3.8, 4) is 0 Å². The van der Waals surface area contributed by atoms with Crippen molar-refractivity contribution in [1.82, 2.24) is 4.98 Å². The number of aromatic nitrogens is 1. The molecule has 1 aromatic rings. The third-order valence-electron chi connectivity index (χ3n) is 5.58. The number of carboxylic acid groups (broad SMARTS) is 1. The quantitative estimate of drug-likeness (QED) is 0.884. The fourth-order valence-electron chi connectivity index (χ4n) is 5.40. The second-order valence-corrected chi connectivity index (χ2v) is 6.90. The minimum absolute atomic E-state index is 0.0731. The summed E-state index contributed by atoms with van der Waals surface area (Å²) in [5.74, 6) is 1.62. The molecule has 0 aromatic carbocycles. The summed E-state index contributed by atoms with van der Waals surface area (Å²) in [6.07, 6.45) is 9.36. The van der Waals surface area contributed by atoms with Gasteiger partial charge in [0, 0.05) is 11.6 Å². The van der Waals surface area contributed by atoms with Crippen LogP contribution in [-0.2, 0) is 5.41 Å². The number of carboxylic acids is 1. The van der Waals surface area contributed by atoms with Gasteiger partial charge in [-0.1, -0.05) is 0 Å². The fourth-order valence-corrected chi connectivity index (χ4v) is 5.40. The molecule has 4 bridgehead atoms. The standard InChI is InChI=1S/C16H19NO2/c18-15(19)13-2-1-3-17-14(13)16-7-10-4-11(8-16)6-12(5-10)9-16/h1-3,10-12H,4-9H2,(H,18,19). The van der Waals surface area contributed by atoms with E-state index < -0.39 is 5.97 Å². The van der Waals surface area contributed by atoms with Crippen molar-refractivity contribution in [3.05, 3.63) is 29.6 Å². The summed E-state index contributed by atoms with van der Waals surface area (Å²) in [4.78, 5) is 16.0. The molecule has 3 heteroatoms. The van der Waals surface area contributed by atoms with Crippen LogP contribution in [0.15, 0.2) is 18.3 Å². The van der Waals surface area contributed by atoms with Gasteiger partial charge in [0.1, 0.15) is 0 Å². The van der Waals surface area contributed by atoms with Crippen molar-refractivity contribution in [2.24, 2.45) is 17.8 Å². The number of aromatic carboxylic acids is 1. The molecule has 4 aliphatic rings. The first-order valence-electron chi connectivity index (χ1n) is 7.35. The van der Waals surface area contributed by atoms with Crippen molar-refractivity contribution in [2.75, 3.05) is 0 Å². The molecule has 0 unspecified atom stereocenters. The fraction of sp³-hybridized carbons (Fsp3) is 0.625. The largest absolute Gasteiger partial charge is 0.478 e. The third kappa shape index (κ3) is 1.63. The normalized spacial score (nSPS) is 39.5. The minimum Gasteiger partial charge on any atom is -0.478 e. The van der Waals surface area contributed by atoms with E-state index in [-0.39, 0.29) is 5.41 Å². The maximum Gasteiger partial charge on any atom is 0.337 e. The number of nitrogens with zero attached hydrogens (tertiary/aromatic N) is 1. The van der Waals surface area contributed by atoms with Crippen molar-refractivity contribution in [2.45, 2.75) is 43.9 Å². The first-order valence-corrected chi connectivity index (χ1v) is 7.35. The van der Waals surface area contributed by atoms with Gasteiger partial charge in [-0.15, -0.1) is 0 Å². The Morgan fingerprint density at radius 3 is 2.26 bits per heavy atom. The van der Waals surface area contributed by atoms with Crippen molar-refractivity contribution >= 4 is 5.97 Å². The van der Waals surface area contributed by atoms with E-state index in [1.54, 1.807) is 18.3 Å². The van der Waals surface area contributed by atoms with E-state index in [9.17, 15) is 9.90 Å². The van der Waals surface area contributed by atoms with Crippen LogP contribution in [0.2, 0.25) is 0 Å². The maximum absolute atomic E-state index is 11.5. The molecule has 1 N–H and O–H groups in total. The van der Waals surface area contributed by atoms with E-state index in [0.717, 1.165) is 42.7 Å². The SMILES string of the molecule is O=C(O)c1cccnc1C12CC3CC(CC(C3)C1)C2. The molecule has 0 amide bonds. The zero-order valence-corrected chi connectivity index (χ0v) is 11.0. The summed E-state index contributed by atoms with van der Waals surface area (Å²) in [5.41, 5.74) is 1.38. The highest BCUT2D eigenvalue weighted by Crippen LogP contribution is 2.60. The van der Waals surface area contributed by atoms with Gasteiger partial charge < -0.3 is 5.11 Å². The molecule has 100 valence electrons. The lowest BCUT2D eigenvalue weighted by atomic mass is 9.48. The van der Waals surface area contributed by atoms with E-state index in [1.165, 1.54) is 19.3 Å². The Hall–Kier alpha value is -1.38. The van der Waals surface area contributed by atoms with Crippen LogP contribution in [0, 0.1) is 17.8 Å². The minimum atomic E-state index is -0.821. The molecule has 4 aliphatic carbocycles. The molecule has 0 spiro atoms. The Bertz CT molecular complexity index is 502. The molecular weight excluding hydrogens is 238 g/mol. The van der Waals surface area contributed by atoms with Gasteiger partial charge in [0.05, 0.1) is 11.3 Å². The molecule has 0 atom stereocenters. The third-order valence-corrected chi connectivity index (χ3v) is 5.58. The summed E-state index contributed by atoms with van der Waals surface area (Å²) in [6, 6.07) is 3.47. The number of hydrogen-bond donors (Lipinski definition) is 1. The van der Waals surface area contributed by atoms with Crippen LogP contribution in [0.3, 0.4) is 0 Å². The second kappa shape index (κ2) is 3.81. The van der Waals surface area contributed by atoms with Crippen LogP contribution in [0.5, 0.6) is 0 Å². The Balaban J connectivity index is 1.82. The Morgan fingerprint density at radius 1 is 1.16 bits per heavy atom. The van der Waals surface area contributed by atoms with E-state index in [0.29, 0.717) is 5.56 Å². The number of pyridine rings is 1. The molecule has 0 aliphatic heterocycles. The van der Waals surface area contributed by atoms with Gasteiger partial charge in [-0.25, -0.2) is 4.79 Å². The average Bonchev–Trinajstić information content (AvgIpc) is 2.37. The monoisotopic (exact) mass is 257 g/mol. The highest BCUT2D eigenvalue weighted by Gasteiger charge is 2.53. The van der Waals surface area contributed by atoms with Gasteiger partial charge >= 0.3 is 5.97 Å². The topological polar surface area (TPSA) is 50.2 Å². The predicted molar refractivity (Wildman–Crippen MR) is 71.0 cm³/mol. The lowest BCUT2D eigenvalue weighted by Crippen LogP contribution is -2.49. The molecule has 5 rings (SSSR count). The van der Waals surface area contributed by atoms with E-state index in [2.05, 4.69) is 4.98 Å². The van der Waals surface area contributed by atoms with Crippen LogP contribution in [-0.4, -0.2) is 16.1 Å². The molecular formula is C16H19NO2. The smallest absolute Gasteiger partial charge is 0.337 e. The first kappa shape index (κ1) is 11.4. The van der Waals surface area contributed by atoms with Gasteiger partial charge in [0.15, 0.2) is 0 Å². The molecule has 19 heavy (non-hydrogen) atoms. The molecule has 4 saturated carbocycles. The number of rotatable bonds is 2. The van der Waals surface area contributed by atoms with E-state index >= 15 is 0 Å². The van der Waals surface area contributed by atoms with Gasteiger partial charge in [0.25, 0.3) is 0 Å². The van der Waals surface area contributed by atoms with Gasteiger partial charge in [-0.3, -0.25) is 4.98 Å². The molecule has 4 fully saturated rings. The number of carbonyl (C=O) groups is 1. The van der Waals surface area contributed by atoms with Crippen LogP contribution in [0.4, 0.5) is 0 Å². The molecule has 3 nitrogen and oxygen atoms in total. The van der Waals surface area contributed by atoms with Crippen LogP contribution < -0.4 is 0 Å². The molecule has 1 aromatic heterocycles. The summed E-state index contributed by atoms with van der Waals surface area (Å²) < 4.78 is 0. The molecule has 0 saturated heterocycles. The van der Waals surface area contributed by atoms with Crippen molar-refractivity contribution in [1.29, 1.82) is 0 Å². The summed E-state index contributed by atoms with van der Waals surface area (Å²) in [6.45, 7) is 0. The average molecular weight is 257 g/mol. The zero-order chi connectivity index (χ0) is 13.0. The predicted octanol–water partition coefficient (Wildman–Crippen LogP) is 3.25. The Morgan fingerprint density at radius 2 is 1.74 bits per heavy atom. The highest BCUT2D eigenvalue weighted by molar-refractivity contribution is 5.89. The summed E-state index contributed by atoms with van der Waals surface area (Å²) in [5, 5.41) is 9.43. The van der Waals surface area contributed by atoms with Gasteiger partial charge in [0.2, 0.25) is 0 Å². The summed E-state index contributed by atoms with van der Waals surface area (Å²) in [7, 11) is 0. The van der Waals surface area contributed by atoms with Crippen LogP contribution in [0.25, 0.3) is 0 Å². The summed E-state index contributed by atoms with van der Waals surface area (Å²) >= 11 is 0. The maximum atomic E-state index is 11.5. The van der Waals surface area contributed by atoms with Crippen molar-refractivity contribution in [3.63, 3.8) is 0 Å². The van der Waals surface area contributed by atoms with Gasteiger partial charge in [-0.05, 0) is 68.4 Å². The van der Waals surface area contributed by atoms with E-state index in [4.69, 9.17) is 0 Å². The van der Waals surface area contributed by atoms with Gasteiger partial charge in [-0.2, -0.15) is 0 Å². The van der Waals surface area contributed by atoms with E-state index in [1.807, 2.05) is 0 Å². The molecule has 0 radical (unpaired) electrons. The lowest BCUT2D eigenvalue weighted by Gasteiger charge is -2.56. The first-order chi connectivity index (χ1) is 9.16. The second-order valence-electron chi connectivity index (χ2n) is 6.90. The van der Waals surface area contributed by atoms with Crippen molar-refractivity contribution < 1.29 is 9.90 Å². The molecule has 1 heterocycles. The zero-order valence-electron chi connectivity index (χ0n) is 11.0. The Kier molecular flexibility index (Phi) is 2.30. The van der Waals surface area contributed by atoms with Crippen LogP contribution >= 0.6 is 0 Å². The number of hydrogen-bond acceptors (Lipinski definition) is 2. The van der Waals surface area contributed by atoms with Crippen LogP contribution in [0.1, 0.15) is 54.6 Å².